The van der Waals surface area contributed by atoms with Crippen LogP contribution in [0.25, 0.3) is 0 Å². The number of aromatic nitrogens is 1. The number of nitrogens with one attached hydrogen (secondary N) is 1. The molecule has 0 aliphatic heterocycles. The van der Waals surface area contributed by atoms with Crippen LogP contribution < -0.4 is 5.32 Å². The Labute approximate surface area is 105 Å². The Morgan fingerprint density at radius 2 is 2.24 bits per heavy atom. The van der Waals surface area contributed by atoms with Crippen molar-refractivity contribution in [2.24, 2.45) is 0 Å². The van der Waals surface area contributed by atoms with Crippen LogP contribution in [-0.4, -0.2) is 41.5 Å². The first-order valence-corrected chi connectivity index (χ1v) is 5.49. The molecule has 0 aliphatic carbocycles. The number of hydrogen-bond donors (Lipinski definition) is 1. The van der Waals surface area contributed by atoms with E-state index in [2.05, 4.69) is 10.3 Å². The van der Waals surface area contributed by atoms with Crippen LogP contribution in [-0.2, 0) is 0 Å². The van der Waals surface area contributed by atoms with E-state index in [0.717, 1.165) is 6.54 Å². The summed E-state index contributed by atoms with van der Waals surface area (Å²) in [4.78, 5) is 16.2. The van der Waals surface area contributed by atoms with E-state index in [0.29, 0.717) is 5.82 Å². The molecular formula is C10H15ClN4O2. The Morgan fingerprint density at radius 3 is 2.76 bits per heavy atom. The van der Waals surface area contributed by atoms with Gasteiger partial charge < -0.3 is 10.2 Å². The summed E-state index contributed by atoms with van der Waals surface area (Å²) in [5.74, 6) is 0.415. The summed E-state index contributed by atoms with van der Waals surface area (Å²) in [6.07, 6.45) is 0. The molecule has 0 aromatic carbocycles. The molecular weight excluding hydrogens is 244 g/mol. The summed E-state index contributed by atoms with van der Waals surface area (Å²) in [6.45, 7) is 2.76. The third-order valence-electron chi connectivity index (χ3n) is 2.02. The van der Waals surface area contributed by atoms with Gasteiger partial charge in [0.2, 0.25) is 0 Å². The first-order valence-electron chi connectivity index (χ1n) is 5.11. The Morgan fingerprint density at radius 1 is 1.59 bits per heavy atom. The average Bonchev–Trinajstić information content (AvgIpc) is 2.14. The highest BCUT2D eigenvalue weighted by molar-refractivity contribution is 6.29. The lowest BCUT2D eigenvalue weighted by Gasteiger charge is -2.18. The summed E-state index contributed by atoms with van der Waals surface area (Å²) in [5.41, 5.74) is -0.0652. The number of pyridine rings is 1. The molecule has 0 fully saturated rings. The van der Waals surface area contributed by atoms with Gasteiger partial charge in [0, 0.05) is 12.6 Å². The lowest BCUT2D eigenvalue weighted by Crippen LogP contribution is -2.29. The predicted molar refractivity (Wildman–Crippen MR) is 67.5 cm³/mol. The van der Waals surface area contributed by atoms with Crippen LogP contribution in [0.15, 0.2) is 12.1 Å². The monoisotopic (exact) mass is 258 g/mol. The first-order chi connectivity index (χ1) is 7.88. The third kappa shape index (κ3) is 4.54. The molecule has 1 heterocycles. The predicted octanol–water partition coefficient (Wildman–Crippen LogP) is 2.01. The minimum Gasteiger partial charge on any atom is -0.366 e. The van der Waals surface area contributed by atoms with Crippen molar-refractivity contribution in [3.05, 3.63) is 27.4 Å². The fourth-order valence-corrected chi connectivity index (χ4v) is 1.71. The fourth-order valence-electron chi connectivity index (χ4n) is 1.51. The second-order valence-corrected chi connectivity index (χ2v) is 4.49. The average molecular weight is 259 g/mol. The van der Waals surface area contributed by atoms with Gasteiger partial charge in [0.15, 0.2) is 0 Å². The fraction of sp³-hybridized carbons (Fsp3) is 0.500. The topological polar surface area (TPSA) is 71.3 Å². The second-order valence-electron chi connectivity index (χ2n) is 4.10. The van der Waals surface area contributed by atoms with Gasteiger partial charge in [-0.25, -0.2) is 4.98 Å². The van der Waals surface area contributed by atoms with Crippen molar-refractivity contribution in [3.63, 3.8) is 0 Å². The zero-order valence-corrected chi connectivity index (χ0v) is 10.7. The van der Waals surface area contributed by atoms with E-state index >= 15 is 0 Å². The van der Waals surface area contributed by atoms with E-state index in [1.54, 1.807) is 0 Å². The molecule has 0 radical (unpaired) electrons. The van der Waals surface area contributed by atoms with Gasteiger partial charge in [0.1, 0.15) is 11.0 Å². The minimum absolute atomic E-state index is 0.0652. The lowest BCUT2D eigenvalue weighted by atomic mass is 10.3. The Kier molecular flexibility index (Phi) is 4.65. The molecule has 0 bridgehead atoms. The summed E-state index contributed by atoms with van der Waals surface area (Å²) in [5, 5.41) is 13.8. The standard InChI is InChI=1S/C10H15ClN4O2/c1-7(6-14(2)3)12-10-5-8(15(16)17)4-9(11)13-10/h4-5,7H,6H2,1-3H3,(H,12,13). The summed E-state index contributed by atoms with van der Waals surface area (Å²) >= 11 is 5.72. The molecule has 0 amide bonds. The van der Waals surface area contributed by atoms with Gasteiger partial charge in [-0.05, 0) is 21.0 Å². The maximum atomic E-state index is 10.7. The molecule has 17 heavy (non-hydrogen) atoms. The number of nitrogens with zero attached hydrogens (tertiary/aromatic N) is 3. The minimum atomic E-state index is -0.491. The molecule has 0 spiro atoms. The molecule has 94 valence electrons. The zero-order chi connectivity index (χ0) is 13.0. The van der Waals surface area contributed by atoms with Crippen LogP contribution in [0.2, 0.25) is 5.15 Å². The number of anilines is 1. The highest BCUT2D eigenvalue weighted by Gasteiger charge is 2.12. The highest BCUT2D eigenvalue weighted by Crippen LogP contribution is 2.20. The van der Waals surface area contributed by atoms with Crippen LogP contribution >= 0.6 is 11.6 Å². The number of nitro groups is 1. The van der Waals surface area contributed by atoms with Gasteiger partial charge in [0.25, 0.3) is 5.69 Å². The van der Waals surface area contributed by atoms with Crippen molar-refractivity contribution in [3.8, 4) is 0 Å². The maximum absolute atomic E-state index is 10.7. The molecule has 0 aliphatic rings. The first kappa shape index (κ1) is 13.7. The van der Waals surface area contributed by atoms with Crippen LogP contribution in [0.5, 0.6) is 0 Å². The maximum Gasteiger partial charge on any atom is 0.276 e. The van der Waals surface area contributed by atoms with Crippen LogP contribution in [0.4, 0.5) is 11.5 Å². The normalized spacial score (nSPS) is 12.5. The number of hydrogen-bond acceptors (Lipinski definition) is 5. The SMILES string of the molecule is CC(CN(C)C)Nc1cc([N+](=O)[O-])cc(Cl)n1. The second kappa shape index (κ2) is 5.79. The van der Waals surface area contributed by atoms with E-state index < -0.39 is 4.92 Å². The molecule has 1 aromatic rings. The largest absolute Gasteiger partial charge is 0.366 e. The van der Waals surface area contributed by atoms with Gasteiger partial charge in [-0.3, -0.25) is 10.1 Å². The van der Waals surface area contributed by atoms with E-state index in [9.17, 15) is 10.1 Å². The number of rotatable bonds is 5. The summed E-state index contributed by atoms with van der Waals surface area (Å²) in [7, 11) is 3.90. The molecule has 0 saturated carbocycles. The lowest BCUT2D eigenvalue weighted by molar-refractivity contribution is -0.384. The van der Waals surface area contributed by atoms with E-state index in [4.69, 9.17) is 11.6 Å². The Bertz CT molecular complexity index is 411. The quantitative estimate of drug-likeness (QED) is 0.497. The van der Waals surface area contributed by atoms with Gasteiger partial charge >= 0.3 is 0 Å². The number of likely N-dealkylation sites (N-methyl/N-ethyl adjacent to an activating group) is 1. The Balaban J connectivity index is 2.80. The van der Waals surface area contributed by atoms with Crippen LogP contribution in [0.3, 0.4) is 0 Å². The summed E-state index contributed by atoms with van der Waals surface area (Å²) < 4.78 is 0. The summed E-state index contributed by atoms with van der Waals surface area (Å²) in [6, 6.07) is 2.72. The molecule has 7 heteroatoms. The van der Waals surface area contributed by atoms with E-state index in [1.807, 2.05) is 25.9 Å². The smallest absolute Gasteiger partial charge is 0.276 e. The van der Waals surface area contributed by atoms with Crippen molar-refractivity contribution in [1.82, 2.24) is 9.88 Å². The zero-order valence-electron chi connectivity index (χ0n) is 9.98. The molecule has 1 unspecified atom stereocenters. The van der Waals surface area contributed by atoms with Crippen molar-refractivity contribution < 1.29 is 4.92 Å². The molecule has 1 atom stereocenters. The van der Waals surface area contributed by atoms with Crippen molar-refractivity contribution in [2.75, 3.05) is 26.0 Å². The van der Waals surface area contributed by atoms with Crippen molar-refractivity contribution in [2.45, 2.75) is 13.0 Å². The number of halogens is 1. The van der Waals surface area contributed by atoms with E-state index in [-0.39, 0.29) is 16.9 Å². The molecule has 1 N–H and O–H groups in total. The van der Waals surface area contributed by atoms with Crippen molar-refractivity contribution in [1.29, 1.82) is 0 Å². The molecule has 1 aromatic heterocycles. The molecule has 6 nitrogen and oxygen atoms in total. The van der Waals surface area contributed by atoms with Crippen LogP contribution in [0, 0.1) is 10.1 Å². The van der Waals surface area contributed by atoms with Gasteiger partial charge in [-0.1, -0.05) is 11.6 Å². The van der Waals surface area contributed by atoms with Gasteiger partial charge in [-0.2, -0.15) is 0 Å². The van der Waals surface area contributed by atoms with Crippen LogP contribution in [0.1, 0.15) is 6.92 Å². The van der Waals surface area contributed by atoms with E-state index in [1.165, 1.54) is 12.1 Å². The van der Waals surface area contributed by atoms with Gasteiger partial charge in [-0.15, -0.1) is 0 Å². The van der Waals surface area contributed by atoms with Gasteiger partial charge in [0.05, 0.1) is 17.1 Å². The highest BCUT2D eigenvalue weighted by atomic mass is 35.5. The molecule has 1 rings (SSSR count). The third-order valence-corrected chi connectivity index (χ3v) is 2.22. The molecule has 0 saturated heterocycles. The Hall–Kier alpha value is -1.40. The van der Waals surface area contributed by atoms with Crippen molar-refractivity contribution >= 4 is 23.1 Å².